The summed E-state index contributed by atoms with van der Waals surface area (Å²) in [6, 6.07) is 14.1. The molecule has 4 rings (SSSR count). The van der Waals surface area contributed by atoms with E-state index in [1.54, 1.807) is 61.4 Å². The molecule has 39 heavy (non-hydrogen) atoms. The van der Waals surface area contributed by atoms with E-state index < -0.39 is 0 Å². The van der Waals surface area contributed by atoms with Crippen molar-refractivity contribution in [3.63, 3.8) is 0 Å². The molecule has 0 radical (unpaired) electrons. The third-order valence-electron chi connectivity index (χ3n) is 6.27. The smallest absolute Gasteiger partial charge is 0.257 e. The normalized spacial score (nSPS) is 13.8. The van der Waals surface area contributed by atoms with Crippen LogP contribution < -0.4 is 15.4 Å². The fourth-order valence-corrected chi connectivity index (χ4v) is 4.33. The number of likely N-dealkylation sites (tertiary alicyclic amines) is 1. The number of hydrogen-bond donors (Lipinski definition) is 2. The van der Waals surface area contributed by atoms with Crippen molar-refractivity contribution in [1.29, 1.82) is 0 Å². The average Bonchev–Trinajstić information content (AvgIpc) is 3.59. The minimum atomic E-state index is -0.318. The number of methoxy groups -OCH3 is 1. The van der Waals surface area contributed by atoms with Crippen LogP contribution in [0.25, 0.3) is 0 Å². The summed E-state index contributed by atoms with van der Waals surface area (Å²) in [4.78, 5) is 27.8. The van der Waals surface area contributed by atoms with E-state index in [0.29, 0.717) is 41.4 Å². The van der Waals surface area contributed by atoms with Crippen LogP contribution >= 0.6 is 0 Å². The number of aromatic nitrogens is 2. The lowest BCUT2D eigenvalue weighted by Crippen LogP contribution is -2.33. The molecule has 0 bridgehead atoms. The second kappa shape index (κ2) is 13.6. The summed E-state index contributed by atoms with van der Waals surface area (Å²) in [5.74, 6) is 6.79. The van der Waals surface area contributed by atoms with Crippen molar-refractivity contribution in [2.45, 2.75) is 25.9 Å². The Kier molecular flexibility index (Phi) is 9.73. The Labute approximate surface area is 229 Å². The molecule has 0 aliphatic carbocycles. The Morgan fingerprint density at radius 3 is 2.44 bits per heavy atom. The number of nitrogens with one attached hydrogen (secondary N) is 2. The Morgan fingerprint density at radius 1 is 1.00 bits per heavy atom. The SMILES string of the molecule is COC[C@H](C)Oc1cc(C#Cc2ccc(C(=O)NCCN3CCCC3)cc2)cc(C(=O)Nc2ccn(C)n2)c1. The first kappa shape index (κ1) is 27.9. The van der Waals surface area contributed by atoms with E-state index in [9.17, 15) is 9.59 Å². The van der Waals surface area contributed by atoms with Crippen molar-refractivity contribution in [2.75, 3.05) is 45.2 Å². The van der Waals surface area contributed by atoms with Crippen LogP contribution in [0.5, 0.6) is 5.75 Å². The number of carbonyl (C=O) groups excluding carboxylic acids is 2. The second-order valence-corrected chi connectivity index (χ2v) is 9.59. The van der Waals surface area contributed by atoms with Crippen LogP contribution in [0, 0.1) is 11.8 Å². The number of nitrogens with zero attached hydrogens (tertiary/aromatic N) is 3. The highest BCUT2D eigenvalue weighted by atomic mass is 16.5. The van der Waals surface area contributed by atoms with Crippen LogP contribution in [-0.4, -0.2) is 72.5 Å². The first-order valence-corrected chi connectivity index (χ1v) is 13.1. The summed E-state index contributed by atoms with van der Waals surface area (Å²) in [7, 11) is 3.39. The molecule has 0 spiro atoms. The average molecular weight is 530 g/mol. The third-order valence-corrected chi connectivity index (χ3v) is 6.27. The van der Waals surface area contributed by atoms with E-state index in [2.05, 4.69) is 32.5 Å². The Balaban J connectivity index is 1.45. The number of ether oxygens (including phenoxy) is 2. The highest BCUT2D eigenvalue weighted by Crippen LogP contribution is 2.20. The maximum atomic E-state index is 12.9. The van der Waals surface area contributed by atoms with E-state index in [-0.39, 0.29) is 17.9 Å². The summed E-state index contributed by atoms with van der Waals surface area (Å²) in [5, 5.41) is 9.98. The fraction of sp³-hybridized carbons (Fsp3) is 0.367. The summed E-state index contributed by atoms with van der Waals surface area (Å²) in [5.41, 5.74) is 2.36. The van der Waals surface area contributed by atoms with Crippen molar-refractivity contribution in [1.82, 2.24) is 20.0 Å². The van der Waals surface area contributed by atoms with Gasteiger partial charge in [0.25, 0.3) is 11.8 Å². The molecule has 0 saturated carbocycles. The number of aryl methyl sites for hydroxylation is 1. The van der Waals surface area contributed by atoms with E-state index in [0.717, 1.165) is 25.2 Å². The molecule has 9 heteroatoms. The largest absolute Gasteiger partial charge is 0.488 e. The summed E-state index contributed by atoms with van der Waals surface area (Å²) >= 11 is 0. The van der Waals surface area contributed by atoms with Crippen molar-refractivity contribution in [3.8, 4) is 17.6 Å². The van der Waals surface area contributed by atoms with Gasteiger partial charge in [-0.25, -0.2) is 0 Å². The molecule has 9 nitrogen and oxygen atoms in total. The van der Waals surface area contributed by atoms with Gasteiger partial charge in [0.2, 0.25) is 0 Å². The van der Waals surface area contributed by atoms with Gasteiger partial charge in [-0.3, -0.25) is 14.3 Å². The molecule has 1 atom stereocenters. The molecule has 1 aliphatic heterocycles. The van der Waals surface area contributed by atoms with Gasteiger partial charge in [0, 0.05) is 61.8 Å². The molecular weight excluding hydrogens is 494 g/mol. The Bertz CT molecular complexity index is 1330. The molecule has 0 unspecified atom stereocenters. The van der Waals surface area contributed by atoms with Crippen LogP contribution in [-0.2, 0) is 11.8 Å². The topological polar surface area (TPSA) is 97.7 Å². The van der Waals surface area contributed by atoms with E-state index in [4.69, 9.17) is 9.47 Å². The highest BCUT2D eigenvalue weighted by Gasteiger charge is 2.14. The maximum absolute atomic E-state index is 12.9. The first-order valence-electron chi connectivity index (χ1n) is 13.1. The number of anilines is 1. The minimum Gasteiger partial charge on any atom is -0.488 e. The molecule has 2 aromatic carbocycles. The van der Waals surface area contributed by atoms with Gasteiger partial charge < -0.3 is 25.0 Å². The highest BCUT2D eigenvalue weighted by molar-refractivity contribution is 6.04. The lowest BCUT2D eigenvalue weighted by Gasteiger charge is -2.15. The Hall–Kier alpha value is -4.13. The lowest BCUT2D eigenvalue weighted by atomic mass is 10.1. The van der Waals surface area contributed by atoms with Crippen molar-refractivity contribution in [2.24, 2.45) is 7.05 Å². The van der Waals surface area contributed by atoms with Gasteiger partial charge in [-0.15, -0.1) is 0 Å². The van der Waals surface area contributed by atoms with E-state index in [1.807, 2.05) is 19.1 Å². The van der Waals surface area contributed by atoms with Crippen molar-refractivity contribution >= 4 is 17.6 Å². The van der Waals surface area contributed by atoms with Gasteiger partial charge in [0.15, 0.2) is 5.82 Å². The molecule has 2 amide bonds. The zero-order valence-corrected chi connectivity index (χ0v) is 22.7. The van der Waals surface area contributed by atoms with Gasteiger partial charge in [-0.1, -0.05) is 11.8 Å². The molecule has 3 aromatic rings. The van der Waals surface area contributed by atoms with E-state index >= 15 is 0 Å². The summed E-state index contributed by atoms with van der Waals surface area (Å²) < 4.78 is 12.7. The monoisotopic (exact) mass is 529 g/mol. The van der Waals surface area contributed by atoms with Crippen LogP contribution in [0.2, 0.25) is 0 Å². The van der Waals surface area contributed by atoms with Gasteiger partial charge in [0.05, 0.1) is 6.61 Å². The van der Waals surface area contributed by atoms with Gasteiger partial charge in [-0.2, -0.15) is 5.10 Å². The van der Waals surface area contributed by atoms with Crippen molar-refractivity contribution < 1.29 is 19.1 Å². The molecule has 2 N–H and O–H groups in total. The third kappa shape index (κ3) is 8.43. The first-order chi connectivity index (χ1) is 18.9. The van der Waals surface area contributed by atoms with Crippen molar-refractivity contribution in [3.05, 3.63) is 77.0 Å². The zero-order chi connectivity index (χ0) is 27.6. The number of hydrogen-bond acceptors (Lipinski definition) is 6. The second-order valence-electron chi connectivity index (χ2n) is 9.59. The lowest BCUT2D eigenvalue weighted by molar-refractivity contribution is 0.0917. The standard InChI is InChI=1S/C30H35N5O4/c1-22(21-38-3)39-27-19-24(18-26(20-27)30(37)32-28-12-16-34(2)33-28)7-6-23-8-10-25(11-9-23)29(36)31-13-17-35-14-4-5-15-35/h8-12,16,18-20,22H,4-5,13-15,17,21H2,1-3H3,(H,31,36)(H,32,33,37)/t22-/m0/s1. The number of rotatable bonds is 10. The van der Waals surface area contributed by atoms with Gasteiger partial charge in [-0.05, 0) is 75.3 Å². The molecule has 1 aromatic heterocycles. The predicted molar refractivity (Wildman–Crippen MR) is 150 cm³/mol. The quantitative estimate of drug-likeness (QED) is 0.391. The molecule has 2 heterocycles. The maximum Gasteiger partial charge on any atom is 0.257 e. The minimum absolute atomic E-state index is 0.0905. The van der Waals surface area contributed by atoms with E-state index in [1.165, 1.54) is 12.8 Å². The Morgan fingerprint density at radius 2 is 1.74 bits per heavy atom. The molecule has 1 aliphatic rings. The van der Waals surface area contributed by atoms with Crippen LogP contribution in [0.3, 0.4) is 0 Å². The van der Waals surface area contributed by atoms with Crippen LogP contribution in [0.15, 0.2) is 54.7 Å². The molecule has 1 saturated heterocycles. The number of carbonyl (C=O) groups is 2. The van der Waals surface area contributed by atoms with Gasteiger partial charge in [0.1, 0.15) is 11.9 Å². The predicted octanol–water partition coefficient (Wildman–Crippen LogP) is 3.31. The fourth-order valence-electron chi connectivity index (χ4n) is 4.33. The van der Waals surface area contributed by atoms with Crippen LogP contribution in [0.4, 0.5) is 5.82 Å². The molecular formula is C30H35N5O4. The summed E-state index contributed by atoms with van der Waals surface area (Å²) in [6.07, 6.45) is 4.02. The summed E-state index contributed by atoms with van der Waals surface area (Å²) in [6.45, 7) is 6.03. The molecule has 204 valence electrons. The molecule has 1 fully saturated rings. The zero-order valence-electron chi connectivity index (χ0n) is 22.7. The number of amides is 2. The van der Waals surface area contributed by atoms with Gasteiger partial charge >= 0.3 is 0 Å². The van der Waals surface area contributed by atoms with Crippen LogP contribution in [0.1, 0.15) is 51.6 Å². The number of benzene rings is 2.